The van der Waals surface area contributed by atoms with Crippen molar-refractivity contribution in [2.45, 2.75) is 44.2 Å². The normalized spacial score (nSPS) is 21.4. The van der Waals surface area contributed by atoms with Crippen LogP contribution in [-0.2, 0) is 9.53 Å². The maximum Gasteiger partial charge on any atom is 0.222 e. The third-order valence-corrected chi connectivity index (χ3v) is 3.13. The van der Waals surface area contributed by atoms with Gasteiger partial charge in [0.2, 0.25) is 5.91 Å². The Labute approximate surface area is 96.3 Å². The zero-order valence-corrected chi connectivity index (χ0v) is 9.87. The van der Waals surface area contributed by atoms with Crippen LogP contribution in [0.5, 0.6) is 0 Å². The van der Waals surface area contributed by atoms with Crippen molar-refractivity contribution >= 4 is 5.91 Å². The number of nitrogens with one attached hydrogen (secondary N) is 1. The highest BCUT2D eigenvalue weighted by atomic mass is 16.5. The van der Waals surface area contributed by atoms with E-state index in [0.29, 0.717) is 32.5 Å². The number of carbonyl (C=O) groups is 1. The molecular formula is C11H22N2O3. The summed E-state index contributed by atoms with van der Waals surface area (Å²) in [6.07, 6.45) is 2.43. The molecule has 1 unspecified atom stereocenters. The van der Waals surface area contributed by atoms with E-state index < -0.39 is 5.54 Å². The summed E-state index contributed by atoms with van der Waals surface area (Å²) in [5.74, 6) is -0.0784. The first kappa shape index (κ1) is 13.4. The minimum absolute atomic E-state index is 0.0382. The van der Waals surface area contributed by atoms with Gasteiger partial charge >= 0.3 is 0 Å². The van der Waals surface area contributed by atoms with E-state index in [-0.39, 0.29) is 18.6 Å². The molecule has 0 aliphatic carbocycles. The average Bonchev–Trinajstić information content (AvgIpc) is 2.29. The van der Waals surface area contributed by atoms with E-state index in [1.807, 2.05) is 6.92 Å². The van der Waals surface area contributed by atoms with Gasteiger partial charge in [-0.05, 0) is 19.3 Å². The van der Waals surface area contributed by atoms with Crippen LogP contribution in [0.25, 0.3) is 0 Å². The molecule has 1 fully saturated rings. The van der Waals surface area contributed by atoms with Crippen molar-refractivity contribution in [3.05, 3.63) is 0 Å². The van der Waals surface area contributed by atoms with Gasteiger partial charge in [-0.2, -0.15) is 0 Å². The van der Waals surface area contributed by atoms with Crippen LogP contribution in [0.3, 0.4) is 0 Å². The van der Waals surface area contributed by atoms with Gasteiger partial charge in [0.05, 0.1) is 12.1 Å². The number of hydrogen-bond donors (Lipinski definition) is 3. The van der Waals surface area contributed by atoms with Crippen LogP contribution in [0.4, 0.5) is 0 Å². The fraction of sp³-hybridized carbons (Fsp3) is 0.909. The van der Waals surface area contributed by atoms with Crippen molar-refractivity contribution < 1.29 is 14.6 Å². The van der Waals surface area contributed by atoms with Crippen molar-refractivity contribution in [3.63, 3.8) is 0 Å². The monoisotopic (exact) mass is 230 g/mol. The maximum absolute atomic E-state index is 11.7. The number of rotatable bonds is 5. The Morgan fingerprint density at radius 3 is 2.69 bits per heavy atom. The summed E-state index contributed by atoms with van der Waals surface area (Å²) in [4.78, 5) is 11.7. The van der Waals surface area contributed by atoms with E-state index in [9.17, 15) is 9.90 Å². The maximum atomic E-state index is 11.7. The largest absolute Gasteiger partial charge is 0.394 e. The summed E-state index contributed by atoms with van der Waals surface area (Å²) >= 11 is 0. The Kier molecular flexibility index (Phi) is 5.18. The lowest BCUT2D eigenvalue weighted by Crippen LogP contribution is -2.55. The summed E-state index contributed by atoms with van der Waals surface area (Å²) in [5.41, 5.74) is 5.22. The molecule has 1 aliphatic heterocycles. The van der Waals surface area contributed by atoms with Crippen molar-refractivity contribution in [1.82, 2.24) is 5.32 Å². The lowest BCUT2D eigenvalue weighted by atomic mass is 9.90. The molecule has 94 valence electrons. The molecule has 0 saturated carbocycles. The summed E-state index contributed by atoms with van der Waals surface area (Å²) < 4.78 is 5.22. The van der Waals surface area contributed by atoms with Gasteiger partial charge in [0.1, 0.15) is 0 Å². The molecule has 1 atom stereocenters. The van der Waals surface area contributed by atoms with Gasteiger partial charge in [-0.15, -0.1) is 0 Å². The van der Waals surface area contributed by atoms with Crippen LogP contribution in [0.1, 0.15) is 32.6 Å². The Hall–Kier alpha value is -0.650. The van der Waals surface area contributed by atoms with Crippen molar-refractivity contribution in [3.8, 4) is 0 Å². The van der Waals surface area contributed by atoms with Gasteiger partial charge in [-0.3, -0.25) is 4.79 Å². The molecule has 1 amide bonds. The molecule has 0 aromatic carbocycles. The van der Waals surface area contributed by atoms with E-state index in [4.69, 9.17) is 10.5 Å². The quantitative estimate of drug-likeness (QED) is 0.609. The predicted octanol–water partition coefficient (Wildman–Crippen LogP) is -0.228. The predicted molar refractivity (Wildman–Crippen MR) is 60.9 cm³/mol. The number of nitrogens with two attached hydrogens (primary N) is 1. The number of carbonyl (C=O) groups excluding carboxylic acids is 1. The fourth-order valence-electron chi connectivity index (χ4n) is 1.81. The average molecular weight is 230 g/mol. The minimum atomic E-state index is -0.497. The van der Waals surface area contributed by atoms with Crippen molar-refractivity contribution in [2.24, 2.45) is 5.73 Å². The van der Waals surface area contributed by atoms with Crippen LogP contribution in [-0.4, -0.2) is 42.4 Å². The Morgan fingerprint density at radius 1 is 1.56 bits per heavy atom. The molecule has 0 bridgehead atoms. The number of ether oxygens (including phenoxy) is 1. The van der Waals surface area contributed by atoms with E-state index in [1.165, 1.54) is 0 Å². The van der Waals surface area contributed by atoms with Gasteiger partial charge in [0, 0.05) is 25.7 Å². The van der Waals surface area contributed by atoms with E-state index >= 15 is 0 Å². The van der Waals surface area contributed by atoms with Gasteiger partial charge in [-0.1, -0.05) is 6.92 Å². The zero-order chi connectivity index (χ0) is 12.0. The topological polar surface area (TPSA) is 84.6 Å². The summed E-state index contributed by atoms with van der Waals surface area (Å²) in [6, 6.07) is -0.101. The number of amides is 1. The van der Waals surface area contributed by atoms with E-state index in [2.05, 4.69) is 5.32 Å². The van der Waals surface area contributed by atoms with Crippen LogP contribution < -0.4 is 11.1 Å². The zero-order valence-electron chi connectivity index (χ0n) is 9.87. The lowest BCUT2D eigenvalue weighted by Gasteiger charge is -2.36. The first-order valence-electron chi connectivity index (χ1n) is 5.87. The standard InChI is InChI=1S/C11H22N2O3/c1-2-9(12)7-10(15)13-11(8-14)3-5-16-6-4-11/h9,14H,2-8,12H2,1H3,(H,13,15). The number of aliphatic hydroxyl groups excluding tert-OH is 1. The van der Waals surface area contributed by atoms with E-state index in [0.717, 1.165) is 6.42 Å². The Bertz CT molecular complexity index is 227. The van der Waals surface area contributed by atoms with Crippen LogP contribution in [0.2, 0.25) is 0 Å². The van der Waals surface area contributed by atoms with E-state index in [1.54, 1.807) is 0 Å². The Balaban J connectivity index is 2.45. The first-order chi connectivity index (χ1) is 7.62. The summed E-state index contributed by atoms with van der Waals surface area (Å²) in [5, 5.41) is 12.3. The molecule has 16 heavy (non-hydrogen) atoms. The van der Waals surface area contributed by atoms with Crippen molar-refractivity contribution in [1.29, 1.82) is 0 Å². The van der Waals surface area contributed by atoms with Crippen molar-refractivity contribution in [2.75, 3.05) is 19.8 Å². The molecule has 1 rings (SSSR count). The Morgan fingerprint density at radius 2 is 2.19 bits per heavy atom. The van der Waals surface area contributed by atoms with Gasteiger partial charge in [-0.25, -0.2) is 0 Å². The molecule has 5 nitrogen and oxygen atoms in total. The highest BCUT2D eigenvalue weighted by Gasteiger charge is 2.33. The van der Waals surface area contributed by atoms with Gasteiger partial charge in [0.15, 0.2) is 0 Å². The summed E-state index contributed by atoms with van der Waals surface area (Å²) in [6.45, 7) is 3.08. The third-order valence-electron chi connectivity index (χ3n) is 3.13. The minimum Gasteiger partial charge on any atom is -0.394 e. The molecular weight excluding hydrogens is 208 g/mol. The second-order valence-electron chi connectivity index (χ2n) is 4.47. The second-order valence-corrected chi connectivity index (χ2v) is 4.47. The molecule has 0 aromatic heterocycles. The fourth-order valence-corrected chi connectivity index (χ4v) is 1.81. The summed E-state index contributed by atoms with van der Waals surface area (Å²) in [7, 11) is 0. The molecule has 0 spiro atoms. The SMILES string of the molecule is CCC(N)CC(=O)NC1(CO)CCOCC1. The molecule has 4 N–H and O–H groups in total. The number of aliphatic hydroxyl groups is 1. The molecule has 1 saturated heterocycles. The van der Waals surface area contributed by atoms with Crippen LogP contribution >= 0.6 is 0 Å². The highest BCUT2D eigenvalue weighted by Crippen LogP contribution is 2.20. The molecule has 0 aromatic rings. The first-order valence-corrected chi connectivity index (χ1v) is 5.87. The van der Waals surface area contributed by atoms with Gasteiger partial charge in [0.25, 0.3) is 0 Å². The third kappa shape index (κ3) is 3.73. The smallest absolute Gasteiger partial charge is 0.222 e. The molecule has 0 radical (unpaired) electrons. The van der Waals surface area contributed by atoms with Crippen LogP contribution in [0, 0.1) is 0 Å². The lowest BCUT2D eigenvalue weighted by molar-refractivity contribution is -0.125. The van der Waals surface area contributed by atoms with Gasteiger partial charge < -0.3 is 20.9 Å². The molecule has 1 aliphatic rings. The number of hydrogen-bond acceptors (Lipinski definition) is 4. The second kappa shape index (κ2) is 6.18. The highest BCUT2D eigenvalue weighted by molar-refractivity contribution is 5.77. The molecule has 5 heteroatoms. The van der Waals surface area contributed by atoms with Crippen LogP contribution in [0.15, 0.2) is 0 Å². The molecule has 1 heterocycles.